The van der Waals surface area contributed by atoms with Gasteiger partial charge in [0.05, 0.1) is 0 Å². The number of rotatable bonds is 3. The molecule has 2 N–H and O–H groups in total. The first kappa shape index (κ1) is 16.6. The molecular weight excluding hydrogens is 274 g/mol. The van der Waals surface area contributed by atoms with E-state index in [9.17, 15) is 0 Å². The van der Waals surface area contributed by atoms with Crippen molar-refractivity contribution < 1.29 is 4.43 Å². The van der Waals surface area contributed by atoms with Gasteiger partial charge in [0.25, 0.3) is 0 Å². The van der Waals surface area contributed by atoms with Gasteiger partial charge in [-0.2, -0.15) is 0 Å². The van der Waals surface area contributed by atoms with Crippen molar-refractivity contribution >= 4 is 8.32 Å². The van der Waals surface area contributed by atoms with E-state index in [-0.39, 0.29) is 5.04 Å². The molecule has 0 aliphatic heterocycles. The smallest absolute Gasteiger partial charge is 0.250 e. The highest BCUT2D eigenvalue weighted by Crippen LogP contribution is 2.42. The first-order valence-electron chi connectivity index (χ1n) is 8.24. The topological polar surface area (TPSA) is 35.2 Å². The molecule has 0 radical (unpaired) electrons. The van der Waals surface area contributed by atoms with Crippen LogP contribution in [0, 0.1) is 0 Å². The molecule has 0 amide bonds. The van der Waals surface area contributed by atoms with E-state index in [1.165, 1.54) is 18.4 Å². The Morgan fingerprint density at radius 2 is 1.62 bits per heavy atom. The normalized spacial score (nSPS) is 23.9. The monoisotopic (exact) mass is 305 g/mol. The van der Waals surface area contributed by atoms with E-state index in [0.717, 1.165) is 18.6 Å². The SMILES string of the molecule is CC(C)(C)[Si](C)(C)Oc1ccccc1C1CCC(N)CC1. The molecule has 21 heavy (non-hydrogen) atoms. The Hall–Kier alpha value is -0.803. The Kier molecular flexibility index (Phi) is 4.84. The second-order valence-corrected chi connectivity index (χ2v) is 12.7. The van der Waals surface area contributed by atoms with Crippen LogP contribution in [0.4, 0.5) is 0 Å². The van der Waals surface area contributed by atoms with Crippen LogP contribution in [0.25, 0.3) is 0 Å². The van der Waals surface area contributed by atoms with E-state index in [0.29, 0.717) is 12.0 Å². The molecule has 2 nitrogen and oxygen atoms in total. The molecule has 1 aliphatic rings. The quantitative estimate of drug-likeness (QED) is 0.793. The van der Waals surface area contributed by atoms with Crippen molar-refractivity contribution in [2.24, 2.45) is 5.73 Å². The fourth-order valence-electron chi connectivity index (χ4n) is 2.77. The molecule has 1 aromatic rings. The van der Waals surface area contributed by atoms with Crippen molar-refractivity contribution in [1.82, 2.24) is 0 Å². The zero-order valence-corrected chi connectivity index (χ0v) is 15.3. The van der Waals surface area contributed by atoms with Gasteiger partial charge in [0.2, 0.25) is 8.32 Å². The predicted octanol–water partition coefficient (Wildman–Crippen LogP) is 5.06. The Labute approximate surface area is 131 Å². The van der Waals surface area contributed by atoms with Crippen molar-refractivity contribution in [3.8, 4) is 5.75 Å². The summed E-state index contributed by atoms with van der Waals surface area (Å²) >= 11 is 0. The number of nitrogens with two attached hydrogens (primary N) is 1. The predicted molar refractivity (Wildman–Crippen MR) is 93.5 cm³/mol. The van der Waals surface area contributed by atoms with Gasteiger partial charge in [0.1, 0.15) is 5.75 Å². The molecular formula is C18H31NOSi. The minimum absolute atomic E-state index is 0.231. The van der Waals surface area contributed by atoms with Crippen LogP contribution in [0.3, 0.4) is 0 Å². The summed E-state index contributed by atoms with van der Waals surface area (Å²) in [6, 6.07) is 9.05. The van der Waals surface area contributed by atoms with Gasteiger partial charge in [-0.15, -0.1) is 0 Å². The Morgan fingerprint density at radius 1 is 1.05 bits per heavy atom. The molecule has 0 saturated heterocycles. The summed E-state index contributed by atoms with van der Waals surface area (Å²) < 4.78 is 6.59. The maximum Gasteiger partial charge on any atom is 0.250 e. The number of benzene rings is 1. The van der Waals surface area contributed by atoms with E-state index >= 15 is 0 Å². The van der Waals surface area contributed by atoms with Crippen LogP contribution in [0.15, 0.2) is 24.3 Å². The molecule has 0 spiro atoms. The molecule has 3 heteroatoms. The Balaban J connectivity index is 2.21. The summed E-state index contributed by atoms with van der Waals surface area (Å²) in [4.78, 5) is 0. The molecule has 0 atom stereocenters. The van der Waals surface area contributed by atoms with Crippen LogP contribution in [0.2, 0.25) is 18.1 Å². The fraction of sp³-hybridized carbons (Fsp3) is 0.667. The van der Waals surface area contributed by atoms with Crippen LogP contribution in [-0.2, 0) is 0 Å². The number of hydrogen-bond donors (Lipinski definition) is 1. The molecule has 0 heterocycles. The Morgan fingerprint density at radius 3 is 2.19 bits per heavy atom. The zero-order chi connectivity index (χ0) is 15.7. The third-order valence-corrected chi connectivity index (χ3v) is 9.64. The van der Waals surface area contributed by atoms with Gasteiger partial charge in [-0.25, -0.2) is 0 Å². The lowest BCUT2D eigenvalue weighted by molar-refractivity contribution is 0.386. The lowest BCUT2D eigenvalue weighted by atomic mass is 9.82. The minimum Gasteiger partial charge on any atom is -0.543 e. The van der Waals surface area contributed by atoms with Gasteiger partial charge in [0, 0.05) is 6.04 Å². The Bertz CT molecular complexity index is 470. The fourth-order valence-corrected chi connectivity index (χ4v) is 3.81. The van der Waals surface area contributed by atoms with Crippen LogP contribution in [-0.4, -0.2) is 14.4 Å². The van der Waals surface area contributed by atoms with Crippen LogP contribution in [0.1, 0.15) is 57.9 Å². The molecule has 0 unspecified atom stereocenters. The molecule has 0 aromatic heterocycles. The molecule has 0 bridgehead atoms. The van der Waals surface area contributed by atoms with Crippen molar-refractivity contribution in [2.75, 3.05) is 0 Å². The maximum atomic E-state index is 6.59. The van der Waals surface area contributed by atoms with Crippen molar-refractivity contribution in [3.63, 3.8) is 0 Å². The summed E-state index contributed by atoms with van der Waals surface area (Å²) in [5.74, 6) is 1.73. The lowest BCUT2D eigenvalue weighted by Crippen LogP contribution is -2.44. The average Bonchev–Trinajstić information content (AvgIpc) is 2.39. The molecule has 1 saturated carbocycles. The van der Waals surface area contributed by atoms with Crippen molar-refractivity contribution in [2.45, 2.75) is 76.5 Å². The molecule has 2 rings (SSSR count). The van der Waals surface area contributed by atoms with Crippen LogP contribution >= 0.6 is 0 Å². The van der Waals surface area contributed by atoms with Gasteiger partial charge in [-0.3, -0.25) is 0 Å². The standard InChI is InChI=1S/C18H31NOSi/c1-18(2,3)21(4,5)20-17-9-7-6-8-16(17)14-10-12-15(19)13-11-14/h6-9,14-15H,10-13,19H2,1-5H3. The molecule has 118 valence electrons. The van der Waals surface area contributed by atoms with E-state index in [2.05, 4.69) is 58.1 Å². The lowest BCUT2D eigenvalue weighted by Gasteiger charge is -2.38. The minimum atomic E-state index is -1.78. The van der Waals surface area contributed by atoms with Gasteiger partial charge in [-0.05, 0) is 61.4 Å². The van der Waals surface area contributed by atoms with Crippen molar-refractivity contribution in [1.29, 1.82) is 0 Å². The summed E-state index contributed by atoms with van der Waals surface area (Å²) in [6.07, 6.45) is 4.66. The molecule has 1 aliphatic carbocycles. The van der Waals surface area contributed by atoms with E-state index in [4.69, 9.17) is 10.2 Å². The largest absolute Gasteiger partial charge is 0.543 e. The summed E-state index contributed by atoms with van der Waals surface area (Å²) in [5.41, 5.74) is 7.44. The van der Waals surface area contributed by atoms with Gasteiger partial charge < -0.3 is 10.2 Å². The number of para-hydroxylation sites is 1. The first-order chi connectivity index (χ1) is 9.71. The highest BCUT2D eigenvalue weighted by atomic mass is 28.4. The second-order valence-electron chi connectivity index (χ2n) is 8.01. The van der Waals surface area contributed by atoms with Crippen LogP contribution in [0.5, 0.6) is 5.75 Å². The molecule has 1 aromatic carbocycles. The van der Waals surface area contributed by atoms with Crippen LogP contribution < -0.4 is 10.2 Å². The van der Waals surface area contributed by atoms with Crippen molar-refractivity contribution in [3.05, 3.63) is 29.8 Å². The average molecular weight is 306 g/mol. The highest BCUT2D eigenvalue weighted by molar-refractivity contribution is 6.74. The van der Waals surface area contributed by atoms with E-state index < -0.39 is 8.32 Å². The van der Waals surface area contributed by atoms with Gasteiger partial charge >= 0.3 is 0 Å². The van der Waals surface area contributed by atoms with Gasteiger partial charge in [0.15, 0.2) is 0 Å². The summed E-state index contributed by atoms with van der Waals surface area (Å²) in [6.45, 7) is 11.5. The van der Waals surface area contributed by atoms with E-state index in [1.807, 2.05) is 0 Å². The molecule has 1 fully saturated rings. The third kappa shape index (κ3) is 3.89. The maximum absolute atomic E-state index is 6.59. The highest BCUT2D eigenvalue weighted by Gasteiger charge is 2.39. The summed E-state index contributed by atoms with van der Waals surface area (Å²) in [7, 11) is -1.78. The number of hydrogen-bond acceptors (Lipinski definition) is 2. The second kappa shape index (κ2) is 6.13. The zero-order valence-electron chi connectivity index (χ0n) is 14.3. The third-order valence-electron chi connectivity index (χ3n) is 5.30. The first-order valence-corrected chi connectivity index (χ1v) is 11.1. The summed E-state index contributed by atoms with van der Waals surface area (Å²) in [5, 5.41) is 0.231. The van der Waals surface area contributed by atoms with Gasteiger partial charge in [-0.1, -0.05) is 39.0 Å². The van der Waals surface area contributed by atoms with E-state index in [1.54, 1.807) is 0 Å².